The van der Waals surface area contributed by atoms with Gasteiger partial charge in [-0.2, -0.15) is 5.10 Å². The average molecular weight is 351 g/mol. The third-order valence-corrected chi connectivity index (χ3v) is 5.72. The first-order valence-electron chi connectivity index (χ1n) is 8.75. The number of rotatable bonds is 3. The van der Waals surface area contributed by atoms with Gasteiger partial charge < -0.3 is 4.90 Å². The summed E-state index contributed by atoms with van der Waals surface area (Å²) in [4.78, 5) is 16.0. The lowest BCUT2D eigenvalue weighted by molar-refractivity contribution is 0.0748. The molecule has 0 radical (unpaired) electrons. The fourth-order valence-electron chi connectivity index (χ4n) is 3.48. The Hall–Kier alpha value is -2.40. The maximum atomic E-state index is 13.0. The summed E-state index contributed by atoms with van der Waals surface area (Å²) in [6, 6.07) is 16.4. The Labute approximate surface area is 151 Å². The molecule has 4 rings (SSSR count). The monoisotopic (exact) mass is 351 g/mol. The lowest BCUT2D eigenvalue weighted by Crippen LogP contribution is -2.34. The van der Waals surface area contributed by atoms with E-state index in [1.165, 1.54) is 5.56 Å². The maximum absolute atomic E-state index is 13.0. The molecular formula is C20H21N3OS. The van der Waals surface area contributed by atoms with Gasteiger partial charge in [-0.25, -0.2) is 0 Å². The van der Waals surface area contributed by atoms with Crippen molar-refractivity contribution in [1.29, 1.82) is 0 Å². The second kappa shape index (κ2) is 7.23. The van der Waals surface area contributed by atoms with Gasteiger partial charge in [0.1, 0.15) is 0 Å². The molecule has 0 saturated carbocycles. The number of aromatic nitrogens is 2. The van der Waals surface area contributed by atoms with Crippen LogP contribution in [0.5, 0.6) is 0 Å². The topological polar surface area (TPSA) is 49.0 Å². The molecule has 1 atom stereocenters. The van der Waals surface area contributed by atoms with E-state index in [-0.39, 0.29) is 5.91 Å². The molecule has 5 heteroatoms. The molecule has 1 saturated heterocycles. The number of hydrogen-bond acceptors (Lipinski definition) is 3. The van der Waals surface area contributed by atoms with Gasteiger partial charge in [0, 0.05) is 19.0 Å². The smallest absolute Gasteiger partial charge is 0.274 e. The Morgan fingerprint density at radius 3 is 2.84 bits per heavy atom. The van der Waals surface area contributed by atoms with E-state index in [1.54, 1.807) is 11.3 Å². The standard InChI is InChI=1S/C20H21N3OS/c24-20(18-13-17(21-22-18)19-10-6-12-25-19)23-11-5-4-9-16(14-23)15-7-2-1-3-8-15/h1-3,6-8,10,12-13,16H,4-5,9,11,14H2,(H,21,22). The molecule has 4 nitrogen and oxygen atoms in total. The van der Waals surface area contributed by atoms with Gasteiger partial charge in [0.2, 0.25) is 0 Å². The SMILES string of the molecule is O=C(c1cc(-c2cccs2)[nH]n1)N1CCCCC(c2ccccc2)C1. The van der Waals surface area contributed by atoms with E-state index in [0.717, 1.165) is 42.9 Å². The van der Waals surface area contributed by atoms with Crippen molar-refractivity contribution in [2.24, 2.45) is 0 Å². The summed E-state index contributed by atoms with van der Waals surface area (Å²) in [6.45, 7) is 1.58. The summed E-state index contributed by atoms with van der Waals surface area (Å²) >= 11 is 1.64. The number of carbonyl (C=O) groups excluding carboxylic acids is 1. The molecule has 1 aliphatic heterocycles. The molecule has 0 bridgehead atoms. The number of H-pyrrole nitrogens is 1. The normalized spacial score (nSPS) is 18.1. The number of thiophene rings is 1. The van der Waals surface area contributed by atoms with Crippen LogP contribution in [0, 0.1) is 0 Å². The minimum atomic E-state index is 0.0295. The zero-order valence-electron chi connectivity index (χ0n) is 14.0. The van der Waals surface area contributed by atoms with Crippen LogP contribution in [0.15, 0.2) is 53.9 Å². The average Bonchev–Trinajstić information content (AvgIpc) is 3.29. The van der Waals surface area contributed by atoms with Gasteiger partial charge in [-0.3, -0.25) is 9.89 Å². The second-order valence-corrected chi connectivity index (χ2v) is 7.45. The Morgan fingerprint density at radius 1 is 1.16 bits per heavy atom. The zero-order chi connectivity index (χ0) is 17.1. The van der Waals surface area contributed by atoms with Crippen LogP contribution < -0.4 is 0 Å². The molecule has 128 valence electrons. The van der Waals surface area contributed by atoms with Gasteiger partial charge in [0.05, 0.1) is 10.6 Å². The number of nitrogens with zero attached hydrogens (tertiary/aromatic N) is 2. The van der Waals surface area contributed by atoms with Crippen molar-refractivity contribution in [2.75, 3.05) is 13.1 Å². The molecule has 0 spiro atoms. The maximum Gasteiger partial charge on any atom is 0.274 e. The molecule has 1 amide bonds. The van der Waals surface area contributed by atoms with Crippen LogP contribution in [-0.2, 0) is 0 Å². The lowest BCUT2D eigenvalue weighted by Gasteiger charge is -2.24. The molecule has 2 aromatic heterocycles. The van der Waals surface area contributed by atoms with Gasteiger partial charge >= 0.3 is 0 Å². The second-order valence-electron chi connectivity index (χ2n) is 6.50. The van der Waals surface area contributed by atoms with E-state index in [0.29, 0.717) is 11.6 Å². The Morgan fingerprint density at radius 2 is 2.04 bits per heavy atom. The van der Waals surface area contributed by atoms with Crippen molar-refractivity contribution in [3.05, 3.63) is 65.2 Å². The molecule has 1 fully saturated rings. The fraction of sp³-hybridized carbons (Fsp3) is 0.300. The van der Waals surface area contributed by atoms with E-state index in [9.17, 15) is 4.79 Å². The molecular weight excluding hydrogens is 330 g/mol. The van der Waals surface area contributed by atoms with E-state index in [2.05, 4.69) is 34.5 Å². The summed E-state index contributed by atoms with van der Waals surface area (Å²) in [5.74, 6) is 0.435. The Balaban J connectivity index is 1.52. The van der Waals surface area contributed by atoms with E-state index in [1.807, 2.05) is 34.5 Å². The molecule has 0 aliphatic carbocycles. The van der Waals surface area contributed by atoms with Crippen LogP contribution in [0.1, 0.15) is 41.2 Å². The Bertz CT molecular complexity index is 826. The summed E-state index contributed by atoms with van der Waals surface area (Å²) in [7, 11) is 0. The van der Waals surface area contributed by atoms with Crippen LogP contribution in [0.2, 0.25) is 0 Å². The molecule has 1 unspecified atom stereocenters. The lowest BCUT2D eigenvalue weighted by atomic mass is 9.94. The molecule has 1 N–H and O–H groups in total. The summed E-state index contributed by atoms with van der Waals surface area (Å²) < 4.78 is 0. The number of nitrogens with one attached hydrogen (secondary N) is 1. The van der Waals surface area contributed by atoms with Gasteiger partial charge in [-0.15, -0.1) is 11.3 Å². The minimum Gasteiger partial charge on any atom is -0.337 e. The number of aromatic amines is 1. The van der Waals surface area contributed by atoms with Crippen LogP contribution >= 0.6 is 11.3 Å². The van der Waals surface area contributed by atoms with Crippen molar-refractivity contribution in [3.8, 4) is 10.6 Å². The van der Waals surface area contributed by atoms with Crippen molar-refractivity contribution in [1.82, 2.24) is 15.1 Å². The highest BCUT2D eigenvalue weighted by Gasteiger charge is 2.25. The predicted octanol–water partition coefficient (Wildman–Crippen LogP) is 4.55. The largest absolute Gasteiger partial charge is 0.337 e. The third kappa shape index (κ3) is 3.51. The van der Waals surface area contributed by atoms with E-state index in [4.69, 9.17) is 0 Å². The zero-order valence-corrected chi connectivity index (χ0v) is 14.8. The fourth-order valence-corrected chi connectivity index (χ4v) is 4.17. The molecule has 1 aliphatic rings. The first-order valence-corrected chi connectivity index (χ1v) is 9.63. The highest BCUT2D eigenvalue weighted by molar-refractivity contribution is 7.13. The highest BCUT2D eigenvalue weighted by Crippen LogP contribution is 2.28. The minimum absolute atomic E-state index is 0.0295. The number of hydrogen-bond donors (Lipinski definition) is 1. The first kappa shape index (κ1) is 16.1. The van der Waals surface area contributed by atoms with Crippen LogP contribution in [0.4, 0.5) is 0 Å². The van der Waals surface area contributed by atoms with Crippen molar-refractivity contribution >= 4 is 17.2 Å². The summed E-state index contributed by atoms with van der Waals surface area (Å²) in [6.07, 6.45) is 3.34. The van der Waals surface area contributed by atoms with Crippen LogP contribution in [0.25, 0.3) is 10.6 Å². The molecule has 25 heavy (non-hydrogen) atoms. The Kier molecular flexibility index (Phi) is 4.65. The van der Waals surface area contributed by atoms with Crippen LogP contribution in [0.3, 0.4) is 0 Å². The predicted molar refractivity (Wildman–Crippen MR) is 101 cm³/mol. The summed E-state index contributed by atoms with van der Waals surface area (Å²) in [5.41, 5.74) is 2.74. The molecule has 1 aromatic carbocycles. The third-order valence-electron chi connectivity index (χ3n) is 4.81. The van der Waals surface area contributed by atoms with Gasteiger partial charge in [0.25, 0.3) is 5.91 Å². The van der Waals surface area contributed by atoms with Crippen molar-refractivity contribution in [2.45, 2.75) is 25.2 Å². The summed E-state index contributed by atoms with van der Waals surface area (Å²) in [5, 5.41) is 9.29. The number of amides is 1. The number of benzene rings is 1. The number of carbonyl (C=O) groups is 1. The first-order chi connectivity index (χ1) is 12.3. The van der Waals surface area contributed by atoms with E-state index >= 15 is 0 Å². The molecule has 3 heterocycles. The molecule has 3 aromatic rings. The van der Waals surface area contributed by atoms with Gasteiger partial charge in [-0.1, -0.05) is 42.8 Å². The number of likely N-dealkylation sites (tertiary alicyclic amines) is 1. The highest BCUT2D eigenvalue weighted by atomic mass is 32.1. The van der Waals surface area contributed by atoms with Gasteiger partial charge in [-0.05, 0) is 35.9 Å². The van der Waals surface area contributed by atoms with Crippen LogP contribution in [-0.4, -0.2) is 34.1 Å². The quantitative estimate of drug-likeness (QED) is 0.753. The van der Waals surface area contributed by atoms with Gasteiger partial charge in [0.15, 0.2) is 5.69 Å². The van der Waals surface area contributed by atoms with Crippen molar-refractivity contribution < 1.29 is 4.79 Å². The van der Waals surface area contributed by atoms with Crippen molar-refractivity contribution in [3.63, 3.8) is 0 Å². The van der Waals surface area contributed by atoms with E-state index < -0.39 is 0 Å².